The highest BCUT2D eigenvalue weighted by molar-refractivity contribution is 14.0. The van der Waals surface area contributed by atoms with Crippen LogP contribution >= 0.6 is 24.0 Å². The minimum atomic E-state index is -0.185. The van der Waals surface area contributed by atoms with Gasteiger partial charge in [-0.25, -0.2) is 0 Å². The number of hydrogen-bond donors (Lipinski definition) is 2. The van der Waals surface area contributed by atoms with Crippen molar-refractivity contribution in [3.63, 3.8) is 0 Å². The number of halogens is 1. The van der Waals surface area contributed by atoms with E-state index in [1.54, 1.807) is 0 Å². The van der Waals surface area contributed by atoms with E-state index in [-0.39, 0.29) is 42.1 Å². The van der Waals surface area contributed by atoms with E-state index < -0.39 is 0 Å². The Hall–Kier alpha value is -1.06. The molecule has 6 nitrogen and oxygen atoms in total. The number of guanidine groups is 1. The molecular formula is C19H30IN3O3. The third kappa shape index (κ3) is 5.47. The summed E-state index contributed by atoms with van der Waals surface area (Å²) < 4.78 is 11.3. The zero-order chi connectivity index (χ0) is 17.5. The number of rotatable bonds is 6. The summed E-state index contributed by atoms with van der Waals surface area (Å²) in [4.78, 5) is 7.05. The lowest BCUT2D eigenvalue weighted by atomic mass is 9.87. The SMILES string of the molecule is CCNC(=NCC1(CO)COC1)N1CCC(Oc2ccccc2)CC1.I. The summed E-state index contributed by atoms with van der Waals surface area (Å²) in [6, 6.07) is 10.0. The van der Waals surface area contributed by atoms with Gasteiger partial charge in [0, 0.05) is 32.5 Å². The van der Waals surface area contributed by atoms with Crippen LogP contribution in [-0.2, 0) is 4.74 Å². The van der Waals surface area contributed by atoms with Gasteiger partial charge in [-0.1, -0.05) is 18.2 Å². The Morgan fingerprint density at radius 1 is 1.31 bits per heavy atom. The van der Waals surface area contributed by atoms with Crippen molar-refractivity contribution in [1.29, 1.82) is 0 Å². The number of hydrogen-bond acceptors (Lipinski definition) is 4. The summed E-state index contributed by atoms with van der Waals surface area (Å²) in [6.45, 7) is 6.68. The van der Waals surface area contributed by atoms with Crippen molar-refractivity contribution < 1.29 is 14.6 Å². The molecule has 2 aliphatic rings. The topological polar surface area (TPSA) is 66.3 Å². The maximum atomic E-state index is 9.56. The molecule has 0 spiro atoms. The lowest BCUT2D eigenvalue weighted by molar-refractivity contribution is -0.130. The summed E-state index contributed by atoms with van der Waals surface area (Å²) in [6.07, 6.45) is 2.21. The molecule has 26 heavy (non-hydrogen) atoms. The van der Waals surface area contributed by atoms with Crippen molar-refractivity contribution in [3.05, 3.63) is 30.3 Å². The van der Waals surface area contributed by atoms with Crippen LogP contribution in [0.5, 0.6) is 5.75 Å². The van der Waals surface area contributed by atoms with Crippen LogP contribution in [-0.4, -0.2) is 68.1 Å². The molecule has 0 aromatic heterocycles. The predicted molar refractivity (Wildman–Crippen MR) is 113 cm³/mol. The lowest BCUT2D eigenvalue weighted by Gasteiger charge is -2.39. The minimum Gasteiger partial charge on any atom is -0.490 e. The van der Waals surface area contributed by atoms with Crippen LogP contribution in [0.1, 0.15) is 19.8 Å². The molecule has 0 atom stereocenters. The number of piperidine rings is 1. The number of aliphatic imine (C=N–C) groups is 1. The largest absolute Gasteiger partial charge is 0.490 e. The smallest absolute Gasteiger partial charge is 0.193 e. The van der Waals surface area contributed by atoms with Crippen LogP contribution in [0.25, 0.3) is 0 Å². The van der Waals surface area contributed by atoms with Crippen LogP contribution in [0.15, 0.2) is 35.3 Å². The molecule has 1 aromatic carbocycles. The van der Waals surface area contributed by atoms with E-state index in [2.05, 4.69) is 17.1 Å². The van der Waals surface area contributed by atoms with Crippen LogP contribution in [0.2, 0.25) is 0 Å². The Balaban J connectivity index is 0.00000243. The summed E-state index contributed by atoms with van der Waals surface area (Å²) in [5, 5.41) is 12.9. The van der Waals surface area contributed by atoms with Crippen molar-refractivity contribution in [3.8, 4) is 5.75 Å². The van der Waals surface area contributed by atoms with Crippen molar-refractivity contribution in [2.45, 2.75) is 25.9 Å². The number of ether oxygens (including phenoxy) is 2. The fourth-order valence-corrected chi connectivity index (χ4v) is 3.17. The Bertz CT molecular complexity index is 553. The number of nitrogens with one attached hydrogen (secondary N) is 1. The zero-order valence-electron chi connectivity index (χ0n) is 15.4. The summed E-state index contributed by atoms with van der Waals surface area (Å²) in [5.74, 6) is 1.87. The zero-order valence-corrected chi connectivity index (χ0v) is 17.7. The standard InChI is InChI=1S/C19H29N3O3.HI/c1-2-20-18(21-12-19(13-23)14-24-15-19)22-10-8-17(9-11-22)25-16-6-4-3-5-7-16;/h3-7,17,23H,2,8-15H2,1H3,(H,20,21);1H. The Morgan fingerprint density at radius 2 is 2.00 bits per heavy atom. The molecule has 0 aliphatic carbocycles. The van der Waals surface area contributed by atoms with E-state index >= 15 is 0 Å². The number of para-hydroxylation sites is 1. The highest BCUT2D eigenvalue weighted by atomic mass is 127. The predicted octanol–water partition coefficient (Wildman–Crippen LogP) is 2.12. The van der Waals surface area contributed by atoms with Gasteiger partial charge in [0.25, 0.3) is 0 Å². The second-order valence-electron chi connectivity index (χ2n) is 6.94. The fraction of sp³-hybridized carbons (Fsp3) is 0.632. The maximum absolute atomic E-state index is 9.56. The molecule has 3 rings (SSSR count). The number of aliphatic hydroxyl groups is 1. The molecule has 2 fully saturated rings. The Morgan fingerprint density at radius 3 is 2.54 bits per heavy atom. The Labute approximate surface area is 173 Å². The average Bonchev–Trinajstić information content (AvgIpc) is 2.62. The molecule has 0 unspecified atom stereocenters. The summed E-state index contributed by atoms with van der Waals surface area (Å²) in [5.41, 5.74) is -0.185. The molecule has 0 amide bonds. The van der Waals surface area contributed by atoms with Gasteiger partial charge in [-0.2, -0.15) is 0 Å². The Kier molecular flexibility index (Phi) is 8.43. The maximum Gasteiger partial charge on any atom is 0.193 e. The van der Waals surface area contributed by atoms with E-state index in [9.17, 15) is 5.11 Å². The van der Waals surface area contributed by atoms with Gasteiger partial charge in [-0.05, 0) is 19.1 Å². The van der Waals surface area contributed by atoms with E-state index in [1.807, 2.05) is 30.3 Å². The van der Waals surface area contributed by atoms with Crippen LogP contribution in [0, 0.1) is 5.41 Å². The van der Waals surface area contributed by atoms with Gasteiger partial charge in [0.05, 0.1) is 31.8 Å². The molecule has 2 N–H and O–H groups in total. The van der Waals surface area contributed by atoms with Gasteiger partial charge in [0.1, 0.15) is 11.9 Å². The van der Waals surface area contributed by atoms with Crippen molar-refractivity contribution in [2.24, 2.45) is 10.4 Å². The number of benzene rings is 1. The summed E-state index contributed by atoms with van der Waals surface area (Å²) in [7, 11) is 0. The summed E-state index contributed by atoms with van der Waals surface area (Å²) >= 11 is 0. The van der Waals surface area contributed by atoms with Crippen molar-refractivity contribution >= 4 is 29.9 Å². The molecule has 2 saturated heterocycles. The van der Waals surface area contributed by atoms with Gasteiger partial charge < -0.3 is 24.8 Å². The van der Waals surface area contributed by atoms with Crippen LogP contribution in [0.4, 0.5) is 0 Å². The van der Waals surface area contributed by atoms with Crippen molar-refractivity contribution in [2.75, 3.05) is 46.0 Å². The molecule has 2 aliphatic heterocycles. The highest BCUT2D eigenvalue weighted by Gasteiger charge is 2.38. The quantitative estimate of drug-likeness (QED) is 0.375. The van der Waals surface area contributed by atoms with E-state index in [0.717, 1.165) is 44.2 Å². The van der Waals surface area contributed by atoms with Gasteiger partial charge >= 0.3 is 0 Å². The minimum absolute atomic E-state index is 0. The van der Waals surface area contributed by atoms with Gasteiger partial charge in [-0.3, -0.25) is 4.99 Å². The molecule has 0 saturated carbocycles. The van der Waals surface area contributed by atoms with E-state index in [1.165, 1.54) is 0 Å². The molecule has 146 valence electrons. The van der Waals surface area contributed by atoms with Crippen LogP contribution in [0.3, 0.4) is 0 Å². The average molecular weight is 475 g/mol. The number of aliphatic hydroxyl groups excluding tert-OH is 1. The first kappa shape index (κ1) is 21.2. The van der Waals surface area contributed by atoms with Crippen molar-refractivity contribution in [1.82, 2.24) is 10.2 Å². The second-order valence-corrected chi connectivity index (χ2v) is 6.94. The molecule has 2 heterocycles. The fourth-order valence-electron chi connectivity index (χ4n) is 3.17. The first-order valence-corrected chi connectivity index (χ1v) is 9.18. The molecule has 7 heteroatoms. The third-order valence-electron chi connectivity index (χ3n) is 4.84. The van der Waals surface area contributed by atoms with E-state index in [4.69, 9.17) is 14.5 Å². The first-order valence-electron chi connectivity index (χ1n) is 9.18. The second kappa shape index (κ2) is 10.3. The van der Waals surface area contributed by atoms with E-state index in [0.29, 0.717) is 19.8 Å². The monoisotopic (exact) mass is 475 g/mol. The first-order chi connectivity index (χ1) is 12.2. The molecule has 1 aromatic rings. The number of likely N-dealkylation sites (tertiary alicyclic amines) is 1. The normalized spacial score (nSPS) is 20.1. The van der Waals surface area contributed by atoms with Gasteiger partial charge in [0.15, 0.2) is 5.96 Å². The van der Waals surface area contributed by atoms with Crippen LogP contribution < -0.4 is 10.1 Å². The third-order valence-corrected chi connectivity index (χ3v) is 4.84. The number of nitrogens with zero attached hydrogens (tertiary/aromatic N) is 2. The molecular weight excluding hydrogens is 445 g/mol. The van der Waals surface area contributed by atoms with Gasteiger partial charge in [0.2, 0.25) is 0 Å². The van der Waals surface area contributed by atoms with Gasteiger partial charge in [-0.15, -0.1) is 24.0 Å². The lowest BCUT2D eigenvalue weighted by Crippen LogP contribution is -2.51. The molecule has 0 bridgehead atoms. The molecule has 0 radical (unpaired) electrons. The highest BCUT2D eigenvalue weighted by Crippen LogP contribution is 2.27.